The number of carboxylic acid groups (broad SMARTS) is 1. The first-order valence-electron chi connectivity index (χ1n) is 12.0. The number of carboxylic acids is 1. The Balaban J connectivity index is 1.91. The monoisotopic (exact) mass is 396 g/mol. The second-order valence-electron chi connectivity index (χ2n) is 8.84. The van der Waals surface area contributed by atoms with Gasteiger partial charge in [0.15, 0.2) is 0 Å². The predicted molar refractivity (Wildman–Crippen MR) is 114 cm³/mol. The van der Waals surface area contributed by atoms with Gasteiger partial charge in [-0.3, -0.25) is 9.59 Å². The summed E-state index contributed by atoms with van der Waals surface area (Å²) >= 11 is 0. The normalized spacial score (nSPS) is 20.6. The SMILES string of the molecule is CCC(C)CCCCCCCCCCCCOC(=O)C1CCCCC1C(=O)O. The standard InChI is InChI=1S/C24H44O4/c1-3-20(2)16-12-10-8-6-4-5-7-9-11-15-19-28-24(27)22-18-14-13-17-21(22)23(25)26/h20-22H,3-19H2,1-2H3,(H,25,26). The third kappa shape index (κ3) is 11.1. The summed E-state index contributed by atoms with van der Waals surface area (Å²) in [6.07, 6.45) is 18.4. The first-order valence-corrected chi connectivity index (χ1v) is 12.0. The van der Waals surface area contributed by atoms with E-state index in [9.17, 15) is 14.7 Å². The molecule has 1 aliphatic rings. The molecule has 0 saturated heterocycles. The van der Waals surface area contributed by atoms with Gasteiger partial charge in [0, 0.05) is 0 Å². The molecule has 0 spiro atoms. The maximum absolute atomic E-state index is 12.2. The molecule has 0 bridgehead atoms. The van der Waals surface area contributed by atoms with E-state index in [0.717, 1.165) is 31.6 Å². The number of carbonyl (C=O) groups is 2. The van der Waals surface area contributed by atoms with E-state index < -0.39 is 17.8 Å². The van der Waals surface area contributed by atoms with E-state index in [1.807, 2.05) is 0 Å². The van der Waals surface area contributed by atoms with Crippen molar-refractivity contribution in [2.45, 2.75) is 117 Å². The van der Waals surface area contributed by atoms with Crippen molar-refractivity contribution in [3.05, 3.63) is 0 Å². The molecule has 28 heavy (non-hydrogen) atoms. The molecule has 4 heteroatoms. The van der Waals surface area contributed by atoms with Crippen molar-refractivity contribution in [3.8, 4) is 0 Å². The summed E-state index contributed by atoms with van der Waals surface area (Å²) in [4.78, 5) is 23.4. The zero-order valence-electron chi connectivity index (χ0n) is 18.4. The topological polar surface area (TPSA) is 63.6 Å². The van der Waals surface area contributed by atoms with Gasteiger partial charge in [-0.15, -0.1) is 0 Å². The smallest absolute Gasteiger partial charge is 0.309 e. The molecule has 1 aliphatic carbocycles. The molecule has 164 valence electrons. The molecule has 3 unspecified atom stereocenters. The summed E-state index contributed by atoms with van der Waals surface area (Å²) in [6.45, 7) is 5.07. The Hall–Kier alpha value is -1.06. The van der Waals surface area contributed by atoms with Crippen molar-refractivity contribution in [1.29, 1.82) is 0 Å². The molecular formula is C24H44O4. The lowest BCUT2D eigenvalue weighted by Gasteiger charge is -2.26. The average molecular weight is 397 g/mol. The summed E-state index contributed by atoms with van der Waals surface area (Å²) < 4.78 is 5.37. The van der Waals surface area contributed by atoms with Crippen LogP contribution in [0.15, 0.2) is 0 Å². The third-order valence-corrected chi connectivity index (χ3v) is 6.42. The first kappa shape index (κ1) is 25.0. The van der Waals surface area contributed by atoms with Gasteiger partial charge in [0.2, 0.25) is 0 Å². The number of hydrogen-bond acceptors (Lipinski definition) is 3. The summed E-state index contributed by atoms with van der Waals surface area (Å²) in [5.41, 5.74) is 0. The number of hydrogen-bond donors (Lipinski definition) is 1. The first-order chi connectivity index (χ1) is 13.6. The molecule has 0 aromatic carbocycles. The Morgan fingerprint density at radius 2 is 1.36 bits per heavy atom. The number of esters is 1. The zero-order chi connectivity index (χ0) is 20.6. The van der Waals surface area contributed by atoms with Gasteiger partial charge in [0.05, 0.1) is 18.4 Å². The minimum Gasteiger partial charge on any atom is -0.481 e. The fraction of sp³-hybridized carbons (Fsp3) is 0.917. The molecular weight excluding hydrogens is 352 g/mol. The molecule has 4 nitrogen and oxygen atoms in total. The van der Waals surface area contributed by atoms with Crippen molar-refractivity contribution in [3.63, 3.8) is 0 Å². The maximum atomic E-state index is 12.2. The van der Waals surface area contributed by atoms with E-state index in [1.165, 1.54) is 64.2 Å². The summed E-state index contributed by atoms with van der Waals surface area (Å²) in [5.74, 6) is -1.23. The van der Waals surface area contributed by atoms with Crippen LogP contribution in [-0.4, -0.2) is 23.7 Å². The minimum absolute atomic E-state index is 0.291. The highest BCUT2D eigenvalue weighted by Gasteiger charge is 2.36. The molecule has 1 rings (SSSR count). The van der Waals surface area contributed by atoms with Gasteiger partial charge in [0.1, 0.15) is 0 Å². The highest BCUT2D eigenvalue weighted by Crippen LogP contribution is 2.31. The van der Waals surface area contributed by atoms with E-state index >= 15 is 0 Å². The van der Waals surface area contributed by atoms with Crippen LogP contribution in [-0.2, 0) is 14.3 Å². The number of unbranched alkanes of at least 4 members (excludes halogenated alkanes) is 9. The second-order valence-corrected chi connectivity index (χ2v) is 8.84. The molecule has 0 heterocycles. The van der Waals surface area contributed by atoms with Crippen molar-refractivity contribution >= 4 is 11.9 Å². The van der Waals surface area contributed by atoms with Crippen LogP contribution in [0.2, 0.25) is 0 Å². The predicted octanol–water partition coefficient (Wildman–Crippen LogP) is 6.76. The number of carbonyl (C=O) groups excluding carboxylic acids is 1. The molecule has 0 amide bonds. The molecule has 0 aliphatic heterocycles. The van der Waals surface area contributed by atoms with E-state index in [0.29, 0.717) is 19.4 Å². The van der Waals surface area contributed by atoms with Gasteiger partial charge >= 0.3 is 11.9 Å². The van der Waals surface area contributed by atoms with Gasteiger partial charge in [-0.2, -0.15) is 0 Å². The van der Waals surface area contributed by atoms with Crippen molar-refractivity contribution in [2.24, 2.45) is 17.8 Å². The number of aliphatic carboxylic acids is 1. The Morgan fingerprint density at radius 3 is 1.89 bits per heavy atom. The van der Waals surface area contributed by atoms with E-state index in [4.69, 9.17) is 4.74 Å². The van der Waals surface area contributed by atoms with E-state index in [-0.39, 0.29) is 5.97 Å². The molecule has 1 saturated carbocycles. The molecule has 1 N–H and O–H groups in total. The van der Waals surface area contributed by atoms with Crippen LogP contribution in [0.3, 0.4) is 0 Å². The van der Waals surface area contributed by atoms with Gasteiger partial charge < -0.3 is 9.84 Å². The largest absolute Gasteiger partial charge is 0.481 e. The van der Waals surface area contributed by atoms with Crippen LogP contribution in [0.1, 0.15) is 117 Å². The Kier molecular flexibility index (Phi) is 14.1. The Morgan fingerprint density at radius 1 is 0.857 bits per heavy atom. The van der Waals surface area contributed by atoms with E-state index in [2.05, 4.69) is 13.8 Å². The second kappa shape index (κ2) is 15.8. The van der Waals surface area contributed by atoms with Crippen LogP contribution in [0.5, 0.6) is 0 Å². The molecule has 1 fully saturated rings. The summed E-state index contributed by atoms with van der Waals surface area (Å²) in [6, 6.07) is 0. The zero-order valence-corrected chi connectivity index (χ0v) is 18.4. The molecule has 0 radical (unpaired) electrons. The number of rotatable bonds is 16. The average Bonchev–Trinajstić information content (AvgIpc) is 2.70. The van der Waals surface area contributed by atoms with Crippen molar-refractivity contribution in [1.82, 2.24) is 0 Å². The quantitative estimate of drug-likeness (QED) is 0.231. The van der Waals surface area contributed by atoms with Crippen LogP contribution in [0.4, 0.5) is 0 Å². The maximum Gasteiger partial charge on any atom is 0.309 e. The Bertz CT molecular complexity index is 421. The lowest BCUT2D eigenvalue weighted by atomic mass is 9.79. The van der Waals surface area contributed by atoms with Crippen LogP contribution < -0.4 is 0 Å². The fourth-order valence-electron chi connectivity index (χ4n) is 4.20. The van der Waals surface area contributed by atoms with Gasteiger partial charge in [-0.1, -0.05) is 97.3 Å². The molecule has 0 aromatic heterocycles. The Labute approximate surface area is 172 Å². The van der Waals surface area contributed by atoms with Crippen LogP contribution >= 0.6 is 0 Å². The number of ether oxygens (including phenoxy) is 1. The van der Waals surface area contributed by atoms with Crippen LogP contribution in [0, 0.1) is 17.8 Å². The van der Waals surface area contributed by atoms with E-state index in [1.54, 1.807) is 0 Å². The highest BCUT2D eigenvalue weighted by molar-refractivity contribution is 5.81. The summed E-state index contributed by atoms with van der Waals surface area (Å²) in [5, 5.41) is 9.25. The van der Waals surface area contributed by atoms with Crippen molar-refractivity contribution in [2.75, 3.05) is 6.61 Å². The van der Waals surface area contributed by atoms with Crippen LogP contribution in [0.25, 0.3) is 0 Å². The third-order valence-electron chi connectivity index (χ3n) is 6.42. The minimum atomic E-state index is -0.850. The molecule has 3 atom stereocenters. The van der Waals surface area contributed by atoms with Gasteiger partial charge in [0.25, 0.3) is 0 Å². The fourth-order valence-corrected chi connectivity index (χ4v) is 4.20. The highest BCUT2D eigenvalue weighted by atomic mass is 16.5. The summed E-state index contributed by atoms with van der Waals surface area (Å²) in [7, 11) is 0. The van der Waals surface area contributed by atoms with Gasteiger partial charge in [-0.05, 0) is 25.2 Å². The van der Waals surface area contributed by atoms with Crippen molar-refractivity contribution < 1.29 is 19.4 Å². The lowest BCUT2D eigenvalue weighted by molar-refractivity contribution is -0.159. The molecule has 0 aromatic rings. The van der Waals surface area contributed by atoms with Gasteiger partial charge in [-0.25, -0.2) is 0 Å². The lowest BCUT2D eigenvalue weighted by Crippen LogP contribution is -2.33.